The molecule has 1 N–H and O–H groups in total. The number of carboxylic acid groups (broad SMARTS) is 1. The molecule has 1 unspecified atom stereocenters. The van der Waals surface area contributed by atoms with Gasteiger partial charge in [0.15, 0.2) is 5.69 Å². The molecule has 1 aromatic heterocycles. The van der Waals surface area contributed by atoms with Crippen LogP contribution in [0.4, 0.5) is 0 Å². The largest absolute Gasteiger partial charge is 0.476 e. The third-order valence-electron chi connectivity index (χ3n) is 2.83. The number of hydrogen-bond acceptors (Lipinski definition) is 3. The van der Waals surface area contributed by atoms with Crippen LogP contribution in [0.15, 0.2) is 0 Å². The number of carboxylic acids is 1. The first-order valence-corrected chi connectivity index (χ1v) is 5.44. The molecule has 0 amide bonds. The minimum Gasteiger partial charge on any atom is -0.476 e. The fourth-order valence-electron chi connectivity index (χ4n) is 1.65. The topological polar surface area (TPSA) is 50.2 Å². The summed E-state index contributed by atoms with van der Waals surface area (Å²) < 4.78 is 0. The first-order chi connectivity index (χ1) is 6.42. The number of aromatic nitrogens is 1. The molecule has 76 valence electrons. The second kappa shape index (κ2) is 2.79. The first-order valence-electron chi connectivity index (χ1n) is 4.62. The molecule has 3 nitrogen and oxygen atoms in total. The molecular formula is C10H13NO2S. The zero-order valence-electron chi connectivity index (χ0n) is 8.50. The summed E-state index contributed by atoms with van der Waals surface area (Å²) >= 11 is 1.52. The van der Waals surface area contributed by atoms with Crippen molar-refractivity contribution in [3.05, 3.63) is 15.6 Å². The number of thiazole rings is 1. The van der Waals surface area contributed by atoms with Crippen molar-refractivity contribution in [2.45, 2.75) is 33.1 Å². The van der Waals surface area contributed by atoms with Gasteiger partial charge in [-0.3, -0.25) is 0 Å². The zero-order chi connectivity index (χ0) is 10.5. The van der Waals surface area contributed by atoms with E-state index >= 15 is 0 Å². The second-order valence-electron chi connectivity index (χ2n) is 4.51. The van der Waals surface area contributed by atoms with Crippen molar-refractivity contribution in [2.75, 3.05) is 0 Å². The monoisotopic (exact) mass is 211 g/mol. The minimum atomic E-state index is -0.913. The Balaban J connectivity index is 2.30. The third kappa shape index (κ3) is 1.43. The van der Waals surface area contributed by atoms with Gasteiger partial charge < -0.3 is 5.11 Å². The summed E-state index contributed by atoms with van der Waals surface area (Å²) in [5.41, 5.74) is 0.549. The van der Waals surface area contributed by atoms with Crippen LogP contribution in [0.3, 0.4) is 0 Å². The molecule has 0 aliphatic heterocycles. The molecule has 0 spiro atoms. The van der Waals surface area contributed by atoms with E-state index in [4.69, 9.17) is 5.11 Å². The molecule has 0 radical (unpaired) electrons. The Morgan fingerprint density at radius 3 is 2.57 bits per heavy atom. The summed E-state index contributed by atoms with van der Waals surface area (Å²) in [6.45, 7) is 6.20. The lowest BCUT2D eigenvalue weighted by Gasteiger charge is -1.97. The van der Waals surface area contributed by atoms with E-state index in [1.165, 1.54) is 11.3 Å². The molecule has 0 bridgehead atoms. The van der Waals surface area contributed by atoms with Gasteiger partial charge in [0.1, 0.15) is 0 Å². The molecule has 1 aliphatic rings. The molecule has 2 rings (SSSR count). The van der Waals surface area contributed by atoms with Crippen molar-refractivity contribution < 1.29 is 9.90 Å². The maximum Gasteiger partial charge on any atom is 0.355 e. The van der Waals surface area contributed by atoms with E-state index in [0.717, 1.165) is 16.3 Å². The smallest absolute Gasteiger partial charge is 0.355 e. The molecule has 1 atom stereocenters. The Kier molecular flexibility index (Phi) is 1.93. The van der Waals surface area contributed by atoms with Crippen molar-refractivity contribution in [1.82, 2.24) is 4.98 Å². The molecule has 14 heavy (non-hydrogen) atoms. The molecule has 0 aromatic carbocycles. The predicted octanol–water partition coefficient (Wildman–Crippen LogP) is 2.66. The number of carbonyl (C=O) groups is 1. The summed E-state index contributed by atoms with van der Waals surface area (Å²) in [4.78, 5) is 15.8. The maximum atomic E-state index is 10.8. The van der Waals surface area contributed by atoms with E-state index in [0.29, 0.717) is 11.3 Å². The fourth-order valence-corrected chi connectivity index (χ4v) is 2.88. The summed E-state index contributed by atoms with van der Waals surface area (Å²) in [6, 6.07) is 0. The molecule has 1 aliphatic carbocycles. The van der Waals surface area contributed by atoms with E-state index in [1.807, 2.05) is 6.92 Å². The lowest BCUT2D eigenvalue weighted by molar-refractivity contribution is 0.0690. The minimum absolute atomic E-state index is 0.229. The summed E-state index contributed by atoms with van der Waals surface area (Å²) in [6.07, 6.45) is 1.12. The van der Waals surface area contributed by atoms with Crippen molar-refractivity contribution >= 4 is 17.3 Å². The standard InChI is InChI=1S/C10H13NO2S/c1-5-7(9(12)13)11-8(14-5)6-4-10(6,2)3/h6H,4H2,1-3H3,(H,12,13). The first kappa shape index (κ1) is 9.65. The van der Waals surface area contributed by atoms with Gasteiger partial charge >= 0.3 is 5.97 Å². The Bertz CT molecular complexity index is 395. The highest BCUT2D eigenvalue weighted by molar-refractivity contribution is 7.12. The Morgan fingerprint density at radius 2 is 2.21 bits per heavy atom. The average molecular weight is 211 g/mol. The van der Waals surface area contributed by atoms with E-state index < -0.39 is 5.97 Å². The van der Waals surface area contributed by atoms with Gasteiger partial charge in [0.05, 0.1) is 5.01 Å². The van der Waals surface area contributed by atoms with Gasteiger partial charge in [-0.25, -0.2) is 9.78 Å². The Hall–Kier alpha value is -0.900. The Labute approximate surface area is 86.8 Å². The quantitative estimate of drug-likeness (QED) is 0.818. The van der Waals surface area contributed by atoms with Gasteiger partial charge in [-0.05, 0) is 18.8 Å². The maximum absolute atomic E-state index is 10.8. The lowest BCUT2D eigenvalue weighted by Crippen LogP contribution is -1.99. The highest BCUT2D eigenvalue weighted by Gasteiger charge is 2.48. The van der Waals surface area contributed by atoms with Gasteiger partial charge in [0.2, 0.25) is 0 Å². The highest BCUT2D eigenvalue weighted by atomic mass is 32.1. The highest BCUT2D eigenvalue weighted by Crippen LogP contribution is 2.59. The molecular weight excluding hydrogens is 198 g/mol. The molecule has 1 saturated carbocycles. The van der Waals surface area contributed by atoms with Gasteiger partial charge in [-0.15, -0.1) is 11.3 Å². The van der Waals surface area contributed by atoms with Crippen LogP contribution in [0.5, 0.6) is 0 Å². The number of hydrogen-bond donors (Lipinski definition) is 1. The second-order valence-corrected chi connectivity index (χ2v) is 5.74. The van der Waals surface area contributed by atoms with Gasteiger partial charge in [0, 0.05) is 10.8 Å². The number of aryl methyl sites for hydroxylation is 1. The van der Waals surface area contributed by atoms with Crippen molar-refractivity contribution in [3.63, 3.8) is 0 Å². The van der Waals surface area contributed by atoms with Crippen molar-refractivity contribution in [2.24, 2.45) is 5.41 Å². The Morgan fingerprint density at radius 1 is 1.64 bits per heavy atom. The van der Waals surface area contributed by atoms with E-state index in [2.05, 4.69) is 18.8 Å². The van der Waals surface area contributed by atoms with Crippen LogP contribution >= 0.6 is 11.3 Å². The molecule has 1 fully saturated rings. The van der Waals surface area contributed by atoms with Crippen LogP contribution in [-0.4, -0.2) is 16.1 Å². The van der Waals surface area contributed by atoms with E-state index in [1.54, 1.807) is 0 Å². The fraction of sp³-hybridized carbons (Fsp3) is 0.600. The van der Waals surface area contributed by atoms with Crippen LogP contribution in [-0.2, 0) is 0 Å². The van der Waals surface area contributed by atoms with E-state index in [-0.39, 0.29) is 5.69 Å². The third-order valence-corrected chi connectivity index (χ3v) is 3.91. The molecule has 1 heterocycles. The number of nitrogens with zero attached hydrogens (tertiary/aromatic N) is 1. The lowest BCUT2D eigenvalue weighted by atomic mass is 10.1. The number of aromatic carboxylic acids is 1. The van der Waals surface area contributed by atoms with Crippen LogP contribution in [0, 0.1) is 12.3 Å². The number of rotatable bonds is 2. The SMILES string of the molecule is Cc1sc(C2CC2(C)C)nc1C(=O)O. The zero-order valence-corrected chi connectivity index (χ0v) is 9.31. The molecule has 4 heteroatoms. The predicted molar refractivity (Wildman–Crippen MR) is 54.9 cm³/mol. The summed E-state index contributed by atoms with van der Waals surface area (Å²) in [5.74, 6) is -0.442. The van der Waals surface area contributed by atoms with Crippen LogP contribution < -0.4 is 0 Å². The average Bonchev–Trinajstić information content (AvgIpc) is 2.54. The van der Waals surface area contributed by atoms with Gasteiger partial charge in [-0.2, -0.15) is 0 Å². The van der Waals surface area contributed by atoms with Crippen molar-refractivity contribution in [3.8, 4) is 0 Å². The van der Waals surface area contributed by atoms with Gasteiger partial charge in [0.25, 0.3) is 0 Å². The van der Waals surface area contributed by atoms with Crippen LogP contribution in [0.2, 0.25) is 0 Å². The van der Waals surface area contributed by atoms with Gasteiger partial charge in [-0.1, -0.05) is 13.8 Å². The van der Waals surface area contributed by atoms with E-state index in [9.17, 15) is 4.79 Å². The van der Waals surface area contributed by atoms with Crippen LogP contribution in [0.25, 0.3) is 0 Å². The summed E-state index contributed by atoms with van der Waals surface area (Å²) in [7, 11) is 0. The normalized spacial score (nSPS) is 23.5. The van der Waals surface area contributed by atoms with Crippen molar-refractivity contribution in [1.29, 1.82) is 0 Å². The molecule has 0 saturated heterocycles. The van der Waals surface area contributed by atoms with Crippen LogP contribution in [0.1, 0.15) is 46.6 Å². The summed E-state index contributed by atoms with van der Waals surface area (Å²) in [5, 5.41) is 9.85. The molecule has 1 aromatic rings.